The zero-order valence-electron chi connectivity index (χ0n) is 8.86. The lowest BCUT2D eigenvalue weighted by Crippen LogP contribution is -2.56. The summed E-state index contributed by atoms with van der Waals surface area (Å²) in [5, 5.41) is -0.335. The van der Waals surface area contributed by atoms with Gasteiger partial charge in [-0.3, -0.25) is 4.79 Å². The minimum absolute atomic E-state index is 0.0694. The number of rotatable bonds is 3. The third-order valence-corrected chi connectivity index (χ3v) is 3.90. The maximum atomic E-state index is 11.4. The fourth-order valence-corrected chi connectivity index (χ4v) is 2.29. The van der Waals surface area contributed by atoms with Crippen LogP contribution in [0, 0.1) is 5.92 Å². The van der Waals surface area contributed by atoms with Crippen molar-refractivity contribution in [2.24, 2.45) is 5.92 Å². The van der Waals surface area contributed by atoms with Crippen molar-refractivity contribution in [2.75, 3.05) is 19.3 Å². The molecule has 0 aliphatic carbocycles. The van der Waals surface area contributed by atoms with E-state index in [4.69, 9.17) is 0 Å². The Labute approximate surface area is 85.2 Å². The molecule has 5 heteroatoms. The summed E-state index contributed by atoms with van der Waals surface area (Å²) >= 11 is 0. The molecular formula is C9H17NO3S. The van der Waals surface area contributed by atoms with Crippen molar-refractivity contribution in [3.05, 3.63) is 0 Å². The Kier molecular flexibility index (Phi) is 3.19. The molecule has 0 aromatic rings. The normalized spacial score (nSPS) is 18.4. The van der Waals surface area contributed by atoms with Gasteiger partial charge >= 0.3 is 0 Å². The number of likely N-dealkylation sites (tertiary alicyclic amines) is 1. The second-order valence-corrected chi connectivity index (χ2v) is 6.67. The third kappa shape index (κ3) is 2.70. The predicted octanol–water partition coefficient (Wildman–Crippen LogP) is 0.288. The Balaban J connectivity index is 2.38. The molecule has 1 aliphatic heterocycles. The number of carbonyl (C=O) groups is 1. The van der Waals surface area contributed by atoms with E-state index in [0.29, 0.717) is 25.4 Å². The standard InChI is InChI=1S/C9H17NO3S/c1-7(2)4-9(11)10-5-8(6-10)14(3,12)13/h7-8H,4-6H2,1-3H3. The maximum absolute atomic E-state index is 11.4. The van der Waals surface area contributed by atoms with Gasteiger partial charge in [-0.2, -0.15) is 0 Å². The number of amides is 1. The van der Waals surface area contributed by atoms with Gasteiger partial charge in [0.1, 0.15) is 0 Å². The molecule has 82 valence electrons. The smallest absolute Gasteiger partial charge is 0.222 e. The zero-order valence-corrected chi connectivity index (χ0v) is 9.67. The highest BCUT2D eigenvalue weighted by molar-refractivity contribution is 7.91. The lowest BCUT2D eigenvalue weighted by molar-refractivity contribution is -0.135. The second kappa shape index (κ2) is 3.88. The van der Waals surface area contributed by atoms with Crippen LogP contribution >= 0.6 is 0 Å². The highest BCUT2D eigenvalue weighted by Gasteiger charge is 2.36. The van der Waals surface area contributed by atoms with Crippen LogP contribution < -0.4 is 0 Å². The topological polar surface area (TPSA) is 54.5 Å². The molecule has 1 heterocycles. The minimum Gasteiger partial charge on any atom is -0.340 e. The summed E-state index contributed by atoms with van der Waals surface area (Å²) in [5.74, 6) is 0.402. The summed E-state index contributed by atoms with van der Waals surface area (Å²) in [6, 6.07) is 0. The van der Waals surface area contributed by atoms with E-state index in [1.165, 1.54) is 6.26 Å². The molecule has 0 atom stereocenters. The highest BCUT2D eigenvalue weighted by atomic mass is 32.2. The van der Waals surface area contributed by atoms with Crippen LogP contribution in [0.3, 0.4) is 0 Å². The van der Waals surface area contributed by atoms with Crippen LogP contribution in [0.4, 0.5) is 0 Å². The predicted molar refractivity (Wildman–Crippen MR) is 54.7 cm³/mol. The molecule has 1 rings (SSSR count). The van der Waals surface area contributed by atoms with E-state index in [2.05, 4.69) is 0 Å². The zero-order chi connectivity index (χ0) is 10.9. The minimum atomic E-state index is -2.95. The molecule has 1 aliphatic rings. The SMILES string of the molecule is CC(C)CC(=O)N1CC(S(C)(=O)=O)C1. The van der Waals surface area contributed by atoms with E-state index in [9.17, 15) is 13.2 Å². The van der Waals surface area contributed by atoms with Gasteiger partial charge in [-0.05, 0) is 5.92 Å². The monoisotopic (exact) mass is 219 g/mol. The van der Waals surface area contributed by atoms with E-state index in [1.54, 1.807) is 4.90 Å². The summed E-state index contributed by atoms with van der Waals surface area (Å²) in [5.41, 5.74) is 0. The van der Waals surface area contributed by atoms with Gasteiger partial charge in [0.25, 0.3) is 0 Å². The Bertz CT molecular complexity index is 315. The maximum Gasteiger partial charge on any atom is 0.222 e. The first-order valence-corrected chi connectivity index (χ1v) is 6.73. The molecule has 1 fully saturated rings. The van der Waals surface area contributed by atoms with Crippen LogP contribution in [0.15, 0.2) is 0 Å². The molecule has 1 saturated heterocycles. The molecule has 0 aromatic carbocycles. The largest absolute Gasteiger partial charge is 0.340 e. The van der Waals surface area contributed by atoms with Crippen molar-refractivity contribution >= 4 is 15.7 Å². The van der Waals surface area contributed by atoms with Crippen molar-refractivity contribution in [1.82, 2.24) is 4.90 Å². The van der Waals surface area contributed by atoms with Crippen molar-refractivity contribution in [3.8, 4) is 0 Å². The summed E-state index contributed by atoms with van der Waals surface area (Å²) in [6.07, 6.45) is 1.73. The number of hydrogen-bond donors (Lipinski definition) is 0. The average Bonchev–Trinajstić information content (AvgIpc) is 1.75. The second-order valence-electron chi connectivity index (χ2n) is 4.35. The average molecular weight is 219 g/mol. The summed E-state index contributed by atoms with van der Waals surface area (Å²) in [7, 11) is -2.95. The van der Waals surface area contributed by atoms with Crippen LogP contribution in [0.5, 0.6) is 0 Å². The first-order chi connectivity index (χ1) is 6.30. The molecule has 0 radical (unpaired) electrons. The van der Waals surface area contributed by atoms with Gasteiger partial charge in [0.15, 0.2) is 9.84 Å². The number of hydrogen-bond acceptors (Lipinski definition) is 3. The summed E-state index contributed by atoms with van der Waals surface area (Å²) in [4.78, 5) is 13.1. The van der Waals surface area contributed by atoms with E-state index < -0.39 is 9.84 Å². The quantitative estimate of drug-likeness (QED) is 0.685. The van der Waals surface area contributed by atoms with Gasteiger partial charge in [0, 0.05) is 25.8 Å². The van der Waals surface area contributed by atoms with Crippen LogP contribution in [0.1, 0.15) is 20.3 Å². The third-order valence-electron chi connectivity index (χ3n) is 2.39. The van der Waals surface area contributed by atoms with Crippen LogP contribution in [0.2, 0.25) is 0 Å². The molecule has 0 bridgehead atoms. The van der Waals surface area contributed by atoms with Crippen molar-refractivity contribution in [1.29, 1.82) is 0 Å². The molecule has 0 N–H and O–H groups in total. The van der Waals surface area contributed by atoms with Crippen LogP contribution in [0.25, 0.3) is 0 Å². The van der Waals surface area contributed by atoms with E-state index in [0.717, 1.165) is 0 Å². The molecule has 0 spiro atoms. The van der Waals surface area contributed by atoms with Crippen LogP contribution in [-0.4, -0.2) is 43.8 Å². The Hall–Kier alpha value is -0.580. The van der Waals surface area contributed by atoms with Gasteiger partial charge in [0.2, 0.25) is 5.91 Å². The lowest BCUT2D eigenvalue weighted by atomic mass is 10.1. The summed E-state index contributed by atoms with van der Waals surface area (Å²) < 4.78 is 22.1. The summed E-state index contributed by atoms with van der Waals surface area (Å²) in [6.45, 7) is 4.71. The fourth-order valence-electron chi connectivity index (χ4n) is 1.39. The number of carbonyl (C=O) groups excluding carboxylic acids is 1. The highest BCUT2D eigenvalue weighted by Crippen LogP contribution is 2.17. The Morgan fingerprint density at radius 2 is 1.93 bits per heavy atom. The molecule has 1 amide bonds. The van der Waals surface area contributed by atoms with Crippen molar-refractivity contribution in [2.45, 2.75) is 25.5 Å². The van der Waals surface area contributed by atoms with Gasteiger partial charge < -0.3 is 4.90 Å². The van der Waals surface area contributed by atoms with Gasteiger partial charge in [-0.1, -0.05) is 13.8 Å². The first-order valence-electron chi connectivity index (χ1n) is 4.77. The molecule has 0 aromatic heterocycles. The lowest BCUT2D eigenvalue weighted by Gasteiger charge is -2.38. The molecule has 14 heavy (non-hydrogen) atoms. The van der Waals surface area contributed by atoms with E-state index in [1.807, 2.05) is 13.8 Å². The van der Waals surface area contributed by atoms with Crippen LogP contribution in [-0.2, 0) is 14.6 Å². The van der Waals surface area contributed by atoms with E-state index >= 15 is 0 Å². The number of sulfone groups is 1. The Morgan fingerprint density at radius 1 is 1.43 bits per heavy atom. The first kappa shape index (κ1) is 11.5. The van der Waals surface area contributed by atoms with Gasteiger partial charge in [-0.15, -0.1) is 0 Å². The van der Waals surface area contributed by atoms with Crippen molar-refractivity contribution in [3.63, 3.8) is 0 Å². The Morgan fingerprint density at radius 3 is 2.29 bits per heavy atom. The van der Waals surface area contributed by atoms with Gasteiger partial charge in [-0.25, -0.2) is 8.42 Å². The molecular weight excluding hydrogens is 202 g/mol. The van der Waals surface area contributed by atoms with E-state index in [-0.39, 0.29) is 11.2 Å². The molecule has 4 nitrogen and oxygen atoms in total. The van der Waals surface area contributed by atoms with Crippen molar-refractivity contribution < 1.29 is 13.2 Å². The van der Waals surface area contributed by atoms with Gasteiger partial charge in [0.05, 0.1) is 5.25 Å². The molecule has 0 unspecified atom stereocenters. The molecule has 0 saturated carbocycles. The fraction of sp³-hybridized carbons (Fsp3) is 0.889. The number of nitrogens with zero attached hydrogens (tertiary/aromatic N) is 1.